The predicted molar refractivity (Wildman–Crippen MR) is 79.3 cm³/mol. The number of halogens is 1. The number of carbonyl (C=O) groups is 1. The molecule has 0 saturated heterocycles. The maximum Gasteiger partial charge on any atom is 0.267 e. The number of amides is 1. The molecule has 0 atom stereocenters. The molecule has 2 N–H and O–H groups in total. The molecule has 1 amide bonds. The number of H-pyrrole nitrogens is 1. The van der Waals surface area contributed by atoms with Crippen LogP contribution in [0, 0.1) is 0 Å². The molecule has 0 saturated carbocycles. The van der Waals surface area contributed by atoms with Crippen molar-refractivity contribution in [2.75, 3.05) is 20.3 Å². The number of ether oxygens (including phenoxy) is 2. The molecule has 2 aromatic rings. The Morgan fingerprint density at radius 3 is 2.60 bits per heavy atom. The van der Waals surface area contributed by atoms with Crippen molar-refractivity contribution in [3.63, 3.8) is 0 Å². The third-order valence-electron chi connectivity index (χ3n) is 2.61. The van der Waals surface area contributed by atoms with Crippen LogP contribution in [-0.2, 0) is 0 Å². The van der Waals surface area contributed by atoms with E-state index >= 15 is 0 Å². The molecule has 0 spiro atoms. The number of nitrogens with one attached hydrogen (secondary N) is 2. The summed E-state index contributed by atoms with van der Waals surface area (Å²) in [5.74, 6) is 1.36. The molecule has 1 aromatic heterocycles. The Hall–Kier alpha value is -1.95. The third kappa shape index (κ3) is 4.03. The monoisotopic (exact) mass is 338 g/mol. The summed E-state index contributed by atoms with van der Waals surface area (Å²) in [6.07, 6.45) is 1.71. The van der Waals surface area contributed by atoms with E-state index in [4.69, 9.17) is 9.47 Å². The minimum Gasteiger partial charge on any atom is -0.497 e. The van der Waals surface area contributed by atoms with Crippen LogP contribution < -0.4 is 14.8 Å². The maximum absolute atomic E-state index is 11.7. The molecule has 1 heterocycles. The van der Waals surface area contributed by atoms with Crippen LogP contribution in [0.25, 0.3) is 0 Å². The van der Waals surface area contributed by atoms with Gasteiger partial charge in [-0.2, -0.15) is 0 Å². The highest BCUT2D eigenvalue weighted by molar-refractivity contribution is 9.10. The normalized spacial score (nSPS) is 10.1. The van der Waals surface area contributed by atoms with Crippen molar-refractivity contribution < 1.29 is 14.3 Å². The van der Waals surface area contributed by atoms with Gasteiger partial charge in [-0.15, -0.1) is 0 Å². The molecule has 2 rings (SSSR count). The van der Waals surface area contributed by atoms with E-state index in [2.05, 4.69) is 26.2 Å². The zero-order valence-corrected chi connectivity index (χ0v) is 12.6. The van der Waals surface area contributed by atoms with E-state index in [1.54, 1.807) is 19.4 Å². The van der Waals surface area contributed by atoms with Gasteiger partial charge >= 0.3 is 0 Å². The van der Waals surface area contributed by atoms with Crippen molar-refractivity contribution in [2.24, 2.45) is 0 Å². The summed E-state index contributed by atoms with van der Waals surface area (Å²) in [7, 11) is 1.62. The first-order chi connectivity index (χ1) is 9.69. The van der Waals surface area contributed by atoms with Gasteiger partial charge in [-0.1, -0.05) is 0 Å². The Kier molecular flexibility index (Phi) is 5.06. The van der Waals surface area contributed by atoms with Crippen molar-refractivity contribution >= 4 is 21.8 Å². The second kappa shape index (κ2) is 7.00. The number of hydrogen-bond donors (Lipinski definition) is 2. The van der Waals surface area contributed by atoms with Crippen molar-refractivity contribution in [1.82, 2.24) is 10.3 Å². The highest BCUT2D eigenvalue weighted by Gasteiger charge is 2.06. The second-order valence-corrected chi connectivity index (χ2v) is 4.93. The predicted octanol–water partition coefficient (Wildman–Crippen LogP) is 2.59. The molecule has 0 bridgehead atoms. The standard InChI is InChI=1S/C14H15BrN2O3/c1-19-11-2-4-12(5-3-11)20-7-6-16-14(18)13-8-10(15)9-17-13/h2-5,8-9,17H,6-7H2,1H3,(H,16,18). The topological polar surface area (TPSA) is 63.4 Å². The second-order valence-electron chi connectivity index (χ2n) is 4.01. The lowest BCUT2D eigenvalue weighted by molar-refractivity contribution is 0.0942. The molecule has 0 unspecified atom stereocenters. The van der Waals surface area contributed by atoms with E-state index in [-0.39, 0.29) is 5.91 Å². The van der Waals surface area contributed by atoms with Gasteiger partial charge < -0.3 is 19.8 Å². The Morgan fingerprint density at radius 1 is 1.30 bits per heavy atom. The first-order valence-corrected chi connectivity index (χ1v) is 6.87. The fraction of sp³-hybridized carbons (Fsp3) is 0.214. The molecular weight excluding hydrogens is 324 g/mol. The largest absolute Gasteiger partial charge is 0.497 e. The molecule has 0 fully saturated rings. The SMILES string of the molecule is COc1ccc(OCCNC(=O)c2cc(Br)c[nH]2)cc1. The number of hydrogen-bond acceptors (Lipinski definition) is 3. The van der Waals surface area contributed by atoms with Gasteiger partial charge in [0.25, 0.3) is 5.91 Å². The molecule has 6 heteroatoms. The van der Waals surface area contributed by atoms with Crippen LogP contribution >= 0.6 is 15.9 Å². The molecule has 0 aliphatic carbocycles. The van der Waals surface area contributed by atoms with Gasteiger partial charge in [0.1, 0.15) is 23.8 Å². The highest BCUT2D eigenvalue weighted by Crippen LogP contribution is 2.16. The summed E-state index contributed by atoms with van der Waals surface area (Å²) in [6.45, 7) is 0.835. The van der Waals surface area contributed by atoms with Crippen LogP contribution in [0.3, 0.4) is 0 Å². The fourth-order valence-corrected chi connectivity index (χ4v) is 1.94. The van der Waals surface area contributed by atoms with Gasteiger partial charge in [0.05, 0.1) is 13.7 Å². The summed E-state index contributed by atoms with van der Waals surface area (Å²) in [5.41, 5.74) is 0.515. The molecule has 5 nitrogen and oxygen atoms in total. The number of aromatic nitrogens is 1. The van der Waals surface area contributed by atoms with Gasteiger partial charge in [0, 0.05) is 10.7 Å². The van der Waals surface area contributed by atoms with Gasteiger partial charge in [-0.3, -0.25) is 4.79 Å². The smallest absolute Gasteiger partial charge is 0.267 e. The summed E-state index contributed by atoms with van der Waals surface area (Å²) in [4.78, 5) is 14.6. The zero-order valence-electron chi connectivity index (χ0n) is 11.0. The molecule has 0 radical (unpaired) electrons. The molecule has 106 valence electrons. The molecular formula is C14H15BrN2O3. The van der Waals surface area contributed by atoms with Gasteiger partial charge in [0.2, 0.25) is 0 Å². The Balaban J connectivity index is 1.72. The average Bonchev–Trinajstić information content (AvgIpc) is 2.91. The number of rotatable bonds is 6. The molecule has 20 heavy (non-hydrogen) atoms. The Bertz CT molecular complexity index is 566. The van der Waals surface area contributed by atoms with Crippen molar-refractivity contribution in [3.8, 4) is 11.5 Å². The maximum atomic E-state index is 11.7. The average molecular weight is 339 g/mol. The van der Waals surface area contributed by atoms with Crippen LogP contribution in [0.5, 0.6) is 11.5 Å². The van der Waals surface area contributed by atoms with E-state index in [0.717, 1.165) is 16.0 Å². The molecule has 0 aliphatic heterocycles. The quantitative estimate of drug-likeness (QED) is 0.795. The Labute approximate surface area is 125 Å². The number of benzene rings is 1. The van der Waals surface area contributed by atoms with Crippen LogP contribution in [-0.4, -0.2) is 31.2 Å². The fourth-order valence-electron chi connectivity index (χ4n) is 1.60. The van der Waals surface area contributed by atoms with E-state index < -0.39 is 0 Å². The number of methoxy groups -OCH3 is 1. The molecule has 0 aliphatic rings. The zero-order chi connectivity index (χ0) is 14.4. The van der Waals surface area contributed by atoms with E-state index in [1.807, 2.05) is 24.3 Å². The highest BCUT2D eigenvalue weighted by atomic mass is 79.9. The van der Waals surface area contributed by atoms with Gasteiger partial charge in [-0.25, -0.2) is 0 Å². The van der Waals surface area contributed by atoms with Crippen LogP contribution in [0.2, 0.25) is 0 Å². The first kappa shape index (κ1) is 14.5. The summed E-state index contributed by atoms with van der Waals surface area (Å²) >= 11 is 3.28. The minimum absolute atomic E-state index is 0.158. The van der Waals surface area contributed by atoms with Crippen LogP contribution in [0.1, 0.15) is 10.5 Å². The first-order valence-electron chi connectivity index (χ1n) is 6.08. The van der Waals surface area contributed by atoms with Gasteiger partial charge in [0.15, 0.2) is 0 Å². The molecule has 1 aromatic carbocycles. The van der Waals surface area contributed by atoms with Crippen LogP contribution in [0.4, 0.5) is 0 Å². The summed E-state index contributed by atoms with van der Waals surface area (Å²) in [6, 6.07) is 9.01. The van der Waals surface area contributed by atoms with E-state index in [0.29, 0.717) is 18.8 Å². The van der Waals surface area contributed by atoms with E-state index in [1.165, 1.54) is 0 Å². The van der Waals surface area contributed by atoms with Crippen molar-refractivity contribution in [2.45, 2.75) is 0 Å². The Morgan fingerprint density at radius 2 is 2.00 bits per heavy atom. The lowest BCUT2D eigenvalue weighted by atomic mass is 10.3. The lowest BCUT2D eigenvalue weighted by Gasteiger charge is -2.07. The van der Waals surface area contributed by atoms with Crippen molar-refractivity contribution in [3.05, 3.63) is 46.7 Å². The minimum atomic E-state index is -0.158. The number of aromatic amines is 1. The van der Waals surface area contributed by atoms with E-state index in [9.17, 15) is 4.79 Å². The van der Waals surface area contributed by atoms with Crippen LogP contribution in [0.15, 0.2) is 41.0 Å². The third-order valence-corrected chi connectivity index (χ3v) is 3.07. The summed E-state index contributed by atoms with van der Waals surface area (Å²) < 4.78 is 11.4. The lowest BCUT2D eigenvalue weighted by Crippen LogP contribution is -2.28. The summed E-state index contributed by atoms with van der Waals surface area (Å²) in [5, 5.41) is 2.76. The number of carbonyl (C=O) groups excluding carboxylic acids is 1. The van der Waals surface area contributed by atoms with Gasteiger partial charge in [-0.05, 0) is 46.3 Å². The van der Waals surface area contributed by atoms with Crippen molar-refractivity contribution in [1.29, 1.82) is 0 Å².